The standard InChI is InChI=1S/C33H27N3O4S/c1-4-29-30(22-10-9-20-7-5-6-8-21(20)17-22)35-33(41-29)36-31(37)27-19-23-18-26(39-3)15-16-28(23)40-32(27)34-24-11-13-25(38-2)14-12-24/h5-19H,4H2,1-3H3,(H,35,36,37). The third-order valence-electron chi connectivity index (χ3n) is 6.76. The van der Waals surface area contributed by atoms with E-state index < -0.39 is 0 Å². The van der Waals surface area contributed by atoms with E-state index in [-0.39, 0.29) is 17.0 Å². The Bertz CT molecular complexity index is 1960. The Kier molecular flexibility index (Phi) is 7.22. The van der Waals surface area contributed by atoms with Crippen molar-refractivity contribution in [3.8, 4) is 22.8 Å². The van der Waals surface area contributed by atoms with Gasteiger partial charge in [-0.05, 0) is 71.8 Å². The summed E-state index contributed by atoms with van der Waals surface area (Å²) < 4.78 is 16.8. The first-order chi connectivity index (χ1) is 20.0. The number of rotatable bonds is 7. The van der Waals surface area contributed by atoms with Gasteiger partial charge in [0.05, 0.1) is 25.6 Å². The van der Waals surface area contributed by atoms with Crippen molar-refractivity contribution >= 4 is 49.8 Å². The van der Waals surface area contributed by atoms with E-state index >= 15 is 0 Å². The van der Waals surface area contributed by atoms with Gasteiger partial charge in [0.25, 0.3) is 5.91 Å². The Morgan fingerprint density at radius 2 is 1.63 bits per heavy atom. The van der Waals surface area contributed by atoms with E-state index in [2.05, 4.69) is 47.6 Å². The van der Waals surface area contributed by atoms with E-state index in [0.717, 1.165) is 27.9 Å². The normalized spacial score (nSPS) is 11.6. The largest absolute Gasteiger partial charge is 0.497 e. The molecule has 0 aliphatic carbocycles. The van der Waals surface area contributed by atoms with Crippen molar-refractivity contribution in [1.82, 2.24) is 4.98 Å². The molecule has 0 saturated heterocycles. The van der Waals surface area contributed by atoms with E-state index in [1.54, 1.807) is 56.7 Å². The highest BCUT2D eigenvalue weighted by molar-refractivity contribution is 7.16. The number of nitrogens with one attached hydrogen (secondary N) is 1. The topological polar surface area (TPSA) is 86.0 Å². The van der Waals surface area contributed by atoms with Crippen LogP contribution in [0.3, 0.4) is 0 Å². The number of anilines is 1. The van der Waals surface area contributed by atoms with Gasteiger partial charge in [0.2, 0.25) is 5.55 Å². The summed E-state index contributed by atoms with van der Waals surface area (Å²) in [6.07, 6.45) is 0.791. The smallest absolute Gasteiger partial charge is 0.262 e. The van der Waals surface area contributed by atoms with Crippen LogP contribution < -0.4 is 20.3 Å². The molecule has 204 valence electrons. The second kappa shape index (κ2) is 11.3. The summed E-state index contributed by atoms with van der Waals surface area (Å²) in [5, 5.41) is 6.53. The second-order valence-corrected chi connectivity index (χ2v) is 10.4. The molecule has 0 unspecified atom stereocenters. The number of aryl methyl sites for hydroxylation is 1. The summed E-state index contributed by atoms with van der Waals surface area (Å²) in [7, 11) is 3.20. The highest BCUT2D eigenvalue weighted by atomic mass is 32.1. The molecule has 2 aromatic heterocycles. The molecule has 0 saturated carbocycles. The Morgan fingerprint density at radius 1 is 0.878 bits per heavy atom. The van der Waals surface area contributed by atoms with Gasteiger partial charge in [0.15, 0.2) is 5.13 Å². The number of amides is 1. The Hall–Kier alpha value is -4.95. The average Bonchev–Trinajstić information content (AvgIpc) is 3.43. The third-order valence-corrected chi connectivity index (χ3v) is 7.88. The van der Waals surface area contributed by atoms with Crippen molar-refractivity contribution in [2.45, 2.75) is 13.3 Å². The highest BCUT2D eigenvalue weighted by Crippen LogP contribution is 2.33. The maximum atomic E-state index is 13.7. The maximum Gasteiger partial charge on any atom is 0.262 e. The van der Waals surface area contributed by atoms with Crippen LogP contribution >= 0.6 is 11.3 Å². The lowest BCUT2D eigenvalue weighted by atomic mass is 10.0. The summed E-state index contributed by atoms with van der Waals surface area (Å²) in [4.78, 5) is 24.3. The summed E-state index contributed by atoms with van der Waals surface area (Å²) in [6, 6.07) is 28.9. The molecule has 0 atom stereocenters. The lowest BCUT2D eigenvalue weighted by molar-refractivity contribution is 0.102. The molecule has 6 rings (SSSR count). The molecule has 7 nitrogen and oxygen atoms in total. The van der Waals surface area contributed by atoms with Gasteiger partial charge in [-0.15, -0.1) is 11.3 Å². The van der Waals surface area contributed by atoms with E-state index in [9.17, 15) is 4.79 Å². The van der Waals surface area contributed by atoms with Gasteiger partial charge in [0.1, 0.15) is 22.6 Å². The summed E-state index contributed by atoms with van der Waals surface area (Å²) in [5.41, 5.74) is 3.55. The fourth-order valence-electron chi connectivity index (χ4n) is 4.63. The van der Waals surface area contributed by atoms with Crippen LogP contribution in [-0.4, -0.2) is 25.1 Å². The first kappa shape index (κ1) is 26.3. The zero-order valence-electron chi connectivity index (χ0n) is 22.8. The molecule has 1 N–H and O–H groups in total. The number of carbonyl (C=O) groups is 1. The van der Waals surface area contributed by atoms with Gasteiger partial charge >= 0.3 is 0 Å². The summed E-state index contributed by atoms with van der Waals surface area (Å²) >= 11 is 1.47. The molecule has 0 bridgehead atoms. The number of hydrogen-bond donors (Lipinski definition) is 1. The van der Waals surface area contributed by atoms with E-state index in [1.165, 1.54) is 16.7 Å². The number of aromatic nitrogens is 1. The fourth-order valence-corrected chi connectivity index (χ4v) is 5.55. The quantitative estimate of drug-likeness (QED) is 0.215. The van der Waals surface area contributed by atoms with Crippen LogP contribution in [0, 0.1) is 0 Å². The van der Waals surface area contributed by atoms with Crippen molar-refractivity contribution in [2.75, 3.05) is 19.5 Å². The van der Waals surface area contributed by atoms with Crippen LogP contribution in [0.2, 0.25) is 0 Å². The molecule has 0 radical (unpaired) electrons. The van der Waals surface area contributed by atoms with E-state index in [4.69, 9.17) is 18.9 Å². The molecule has 0 aliphatic rings. The number of benzene rings is 4. The van der Waals surface area contributed by atoms with Gasteiger partial charge in [-0.1, -0.05) is 43.3 Å². The van der Waals surface area contributed by atoms with Gasteiger partial charge in [-0.25, -0.2) is 9.98 Å². The van der Waals surface area contributed by atoms with Crippen LogP contribution in [0.4, 0.5) is 10.8 Å². The molecule has 2 heterocycles. The zero-order valence-corrected chi connectivity index (χ0v) is 23.6. The van der Waals surface area contributed by atoms with Crippen LogP contribution in [-0.2, 0) is 6.42 Å². The Morgan fingerprint density at radius 3 is 2.39 bits per heavy atom. The molecule has 0 aliphatic heterocycles. The van der Waals surface area contributed by atoms with Crippen LogP contribution in [0.25, 0.3) is 33.0 Å². The fraction of sp³-hybridized carbons (Fsp3) is 0.121. The van der Waals surface area contributed by atoms with Crippen molar-refractivity contribution in [1.29, 1.82) is 0 Å². The lowest BCUT2D eigenvalue weighted by Gasteiger charge is -2.07. The number of hydrogen-bond acceptors (Lipinski definition) is 7. The SMILES string of the molecule is CCc1sc(NC(=O)c2cc3cc(OC)ccc3oc2=Nc2ccc(OC)cc2)nc1-c1ccc2ccccc2c1. The van der Waals surface area contributed by atoms with Crippen LogP contribution in [0.5, 0.6) is 11.5 Å². The molecule has 1 amide bonds. The van der Waals surface area contributed by atoms with Gasteiger partial charge in [-0.3, -0.25) is 10.1 Å². The van der Waals surface area contributed by atoms with Gasteiger partial charge < -0.3 is 13.9 Å². The monoisotopic (exact) mass is 561 g/mol. The number of carbonyl (C=O) groups excluding carboxylic acids is 1. The predicted octanol–water partition coefficient (Wildman–Crippen LogP) is 7.77. The van der Waals surface area contributed by atoms with Gasteiger partial charge in [-0.2, -0.15) is 0 Å². The van der Waals surface area contributed by atoms with E-state index in [0.29, 0.717) is 33.3 Å². The van der Waals surface area contributed by atoms with Crippen LogP contribution in [0.1, 0.15) is 22.2 Å². The molecule has 4 aromatic carbocycles. The minimum atomic E-state index is -0.368. The first-order valence-electron chi connectivity index (χ1n) is 13.2. The van der Waals surface area contributed by atoms with Crippen molar-refractivity contribution in [3.05, 3.63) is 107 Å². The number of nitrogens with zero attached hydrogens (tertiary/aromatic N) is 2. The number of methoxy groups -OCH3 is 2. The minimum Gasteiger partial charge on any atom is -0.497 e. The zero-order chi connectivity index (χ0) is 28.3. The van der Waals surface area contributed by atoms with Gasteiger partial charge in [0, 0.05) is 15.8 Å². The first-order valence-corrected chi connectivity index (χ1v) is 14.0. The second-order valence-electron chi connectivity index (χ2n) is 9.34. The lowest BCUT2D eigenvalue weighted by Crippen LogP contribution is -2.21. The highest BCUT2D eigenvalue weighted by Gasteiger charge is 2.18. The summed E-state index contributed by atoms with van der Waals surface area (Å²) in [6.45, 7) is 2.09. The van der Waals surface area contributed by atoms with E-state index in [1.807, 2.05) is 18.2 Å². The average molecular weight is 562 g/mol. The Balaban J connectivity index is 1.40. The summed E-state index contributed by atoms with van der Waals surface area (Å²) in [5.74, 6) is 1.00. The number of thiazole rings is 1. The molecule has 8 heteroatoms. The molecular weight excluding hydrogens is 534 g/mol. The Labute approximate surface area is 240 Å². The molecular formula is C33H27N3O4S. The molecule has 0 spiro atoms. The minimum absolute atomic E-state index is 0.187. The molecule has 6 aromatic rings. The van der Waals surface area contributed by atoms with Crippen molar-refractivity contribution in [2.24, 2.45) is 4.99 Å². The molecule has 41 heavy (non-hydrogen) atoms. The maximum absolute atomic E-state index is 13.7. The van der Waals surface area contributed by atoms with Crippen molar-refractivity contribution < 1.29 is 18.7 Å². The molecule has 0 fully saturated rings. The number of ether oxygens (including phenoxy) is 2. The number of fused-ring (bicyclic) bond motifs is 2. The third kappa shape index (κ3) is 5.42. The predicted molar refractivity (Wildman–Crippen MR) is 163 cm³/mol. The van der Waals surface area contributed by atoms with Crippen molar-refractivity contribution in [3.63, 3.8) is 0 Å². The van der Waals surface area contributed by atoms with Crippen LogP contribution in [0.15, 0.2) is 100 Å².